The molecule has 0 heterocycles. The average molecular weight is 264 g/mol. The van der Waals surface area contributed by atoms with Gasteiger partial charge in [0.2, 0.25) is 0 Å². The molecule has 1 aromatic carbocycles. The monoisotopic (exact) mass is 264 g/mol. The number of rotatable bonds is 7. The van der Waals surface area contributed by atoms with E-state index in [-0.39, 0.29) is 16.7 Å². The predicted octanol–water partition coefficient (Wildman–Crippen LogP) is 4.47. The standard InChI is InChI=1S/C15H24N2O2/c1-11(2)9-13(10-12(3)4)16-14-7-5-6-8-15(14)17(18)19/h5-8,11-13,16H,9-10H2,1-4H3. The van der Waals surface area contributed by atoms with Crippen LogP contribution >= 0.6 is 0 Å². The van der Waals surface area contributed by atoms with Crippen molar-refractivity contribution in [1.29, 1.82) is 0 Å². The van der Waals surface area contributed by atoms with Crippen LogP contribution in [0.25, 0.3) is 0 Å². The first-order chi connectivity index (χ1) is 8.90. The molecule has 19 heavy (non-hydrogen) atoms. The molecular weight excluding hydrogens is 240 g/mol. The first-order valence-electron chi connectivity index (χ1n) is 6.90. The summed E-state index contributed by atoms with van der Waals surface area (Å²) in [4.78, 5) is 10.7. The summed E-state index contributed by atoms with van der Waals surface area (Å²) in [6.45, 7) is 8.70. The molecule has 0 aliphatic rings. The molecule has 106 valence electrons. The molecule has 0 aliphatic heterocycles. The topological polar surface area (TPSA) is 55.2 Å². The molecule has 0 fully saturated rings. The van der Waals surface area contributed by atoms with Gasteiger partial charge in [-0.25, -0.2) is 0 Å². The van der Waals surface area contributed by atoms with Gasteiger partial charge in [-0.2, -0.15) is 0 Å². The Morgan fingerprint density at radius 2 is 1.63 bits per heavy atom. The van der Waals surface area contributed by atoms with Crippen LogP contribution in [-0.2, 0) is 0 Å². The zero-order valence-electron chi connectivity index (χ0n) is 12.2. The van der Waals surface area contributed by atoms with Gasteiger partial charge in [-0.3, -0.25) is 10.1 Å². The molecular formula is C15H24N2O2. The van der Waals surface area contributed by atoms with E-state index in [0.29, 0.717) is 17.5 Å². The lowest BCUT2D eigenvalue weighted by Gasteiger charge is -2.23. The van der Waals surface area contributed by atoms with Crippen molar-refractivity contribution in [3.63, 3.8) is 0 Å². The van der Waals surface area contributed by atoms with E-state index in [9.17, 15) is 10.1 Å². The van der Waals surface area contributed by atoms with Crippen LogP contribution in [0.5, 0.6) is 0 Å². The summed E-state index contributed by atoms with van der Waals surface area (Å²) < 4.78 is 0. The minimum Gasteiger partial charge on any atom is -0.377 e. The number of nitro benzene ring substituents is 1. The third-order valence-electron chi connectivity index (χ3n) is 2.97. The normalized spacial score (nSPS) is 11.3. The van der Waals surface area contributed by atoms with Crippen LogP contribution in [0, 0.1) is 22.0 Å². The van der Waals surface area contributed by atoms with Crippen LogP contribution in [-0.4, -0.2) is 11.0 Å². The van der Waals surface area contributed by atoms with E-state index in [1.54, 1.807) is 18.2 Å². The SMILES string of the molecule is CC(C)CC(CC(C)C)Nc1ccccc1[N+](=O)[O-]. The maximum Gasteiger partial charge on any atom is 0.292 e. The molecule has 0 radical (unpaired) electrons. The minimum atomic E-state index is -0.329. The molecule has 4 heteroatoms. The molecule has 0 unspecified atom stereocenters. The molecule has 0 aromatic heterocycles. The lowest BCUT2D eigenvalue weighted by molar-refractivity contribution is -0.384. The first-order valence-corrected chi connectivity index (χ1v) is 6.90. The van der Waals surface area contributed by atoms with Crippen molar-refractivity contribution in [3.05, 3.63) is 34.4 Å². The van der Waals surface area contributed by atoms with Crippen LogP contribution in [0.3, 0.4) is 0 Å². The van der Waals surface area contributed by atoms with Crippen molar-refractivity contribution in [2.45, 2.75) is 46.6 Å². The van der Waals surface area contributed by atoms with Crippen LogP contribution in [0.2, 0.25) is 0 Å². The van der Waals surface area contributed by atoms with Crippen molar-refractivity contribution in [3.8, 4) is 0 Å². The van der Waals surface area contributed by atoms with Gasteiger partial charge in [0.15, 0.2) is 0 Å². The van der Waals surface area contributed by atoms with Crippen LogP contribution in [0.15, 0.2) is 24.3 Å². The molecule has 0 saturated heterocycles. The van der Waals surface area contributed by atoms with Crippen molar-refractivity contribution in [1.82, 2.24) is 0 Å². The highest BCUT2D eigenvalue weighted by Crippen LogP contribution is 2.26. The Morgan fingerprint density at radius 3 is 2.11 bits per heavy atom. The van der Waals surface area contributed by atoms with Gasteiger partial charge in [0.05, 0.1) is 4.92 Å². The number of hydrogen-bond donors (Lipinski definition) is 1. The second-order valence-corrected chi connectivity index (χ2v) is 5.87. The smallest absolute Gasteiger partial charge is 0.292 e. The predicted molar refractivity (Wildman–Crippen MR) is 79.4 cm³/mol. The molecule has 4 nitrogen and oxygen atoms in total. The van der Waals surface area contributed by atoms with Crippen molar-refractivity contribution >= 4 is 11.4 Å². The molecule has 0 atom stereocenters. The molecule has 0 spiro atoms. The molecule has 1 N–H and O–H groups in total. The van der Waals surface area contributed by atoms with Crippen LogP contribution in [0.1, 0.15) is 40.5 Å². The number of anilines is 1. The zero-order valence-corrected chi connectivity index (χ0v) is 12.2. The summed E-state index contributed by atoms with van der Waals surface area (Å²) >= 11 is 0. The van der Waals surface area contributed by atoms with Crippen molar-refractivity contribution in [2.24, 2.45) is 11.8 Å². The Morgan fingerprint density at radius 1 is 1.11 bits per heavy atom. The van der Waals surface area contributed by atoms with Crippen LogP contribution < -0.4 is 5.32 Å². The lowest BCUT2D eigenvalue weighted by atomic mass is 9.95. The highest BCUT2D eigenvalue weighted by Gasteiger charge is 2.18. The van der Waals surface area contributed by atoms with E-state index in [4.69, 9.17) is 0 Å². The van der Waals surface area contributed by atoms with Gasteiger partial charge >= 0.3 is 0 Å². The largest absolute Gasteiger partial charge is 0.377 e. The summed E-state index contributed by atoms with van der Waals surface area (Å²) in [7, 11) is 0. The van der Waals surface area contributed by atoms with Gasteiger partial charge in [-0.1, -0.05) is 39.8 Å². The van der Waals surface area contributed by atoms with Gasteiger partial charge in [-0.15, -0.1) is 0 Å². The summed E-state index contributed by atoms with van der Waals surface area (Å²) in [5.74, 6) is 1.14. The van der Waals surface area contributed by atoms with Gasteiger partial charge in [0, 0.05) is 12.1 Å². The molecule has 0 aliphatic carbocycles. The number of benzene rings is 1. The van der Waals surface area contributed by atoms with Gasteiger partial charge in [0.1, 0.15) is 5.69 Å². The maximum atomic E-state index is 11.0. The van der Waals surface area contributed by atoms with Crippen LogP contribution in [0.4, 0.5) is 11.4 Å². The number of hydrogen-bond acceptors (Lipinski definition) is 3. The first kappa shape index (κ1) is 15.5. The van der Waals surface area contributed by atoms with E-state index < -0.39 is 0 Å². The van der Waals surface area contributed by atoms with Crippen molar-refractivity contribution in [2.75, 3.05) is 5.32 Å². The summed E-state index contributed by atoms with van der Waals surface area (Å²) in [5.41, 5.74) is 0.777. The van der Waals surface area contributed by atoms with E-state index in [1.165, 1.54) is 0 Å². The average Bonchev–Trinajstić information content (AvgIpc) is 2.27. The van der Waals surface area contributed by atoms with Gasteiger partial charge < -0.3 is 5.32 Å². The Kier molecular flexibility index (Phi) is 5.80. The van der Waals surface area contributed by atoms with E-state index >= 15 is 0 Å². The third kappa shape index (κ3) is 5.28. The highest BCUT2D eigenvalue weighted by atomic mass is 16.6. The van der Waals surface area contributed by atoms with E-state index in [0.717, 1.165) is 12.8 Å². The Labute approximate surface area is 115 Å². The Hall–Kier alpha value is -1.58. The number of nitrogens with one attached hydrogen (secondary N) is 1. The third-order valence-corrected chi connectivity index (χ3v) is 2.97. The summed E-state index contributed by atoms with van der Waals surface area (Å²) in [5, 5.41) is 14.4. The fraction of sp³-hybridized carbons (Fsp3) is 0.600. The highest BCUT2D eigenvalue weighted by molar-refractivity contribution is 5.61. The summed E-state index contributed by atoms with van der Waals surface area (Å²) in [6, 6.07) is 7.14. The van der Waals surface area contributed by atoms with Gasteiger partial charge in [-0.05, 0) is 30.7 Å². The molecule has 1 rings (SSSR count). The Balaban J connectivity index is 2.86. The van der Waals surface area contributed by atoms with E-state index in [2.05, 4.69) is 33.0 Å². The molecule has 1 aromatic rings. The second-order valence-electron chi connectivity index (χ2n) is 5.87. The molecule has 0 amide bonds. The van der Waals surface area contributed by atoms with Crippen molar-refractivity contribution < 1.29 is 4.92 Å². The number of para-hydroxylation sites is 2. The fourth-order valence-corrected chi connectivity index (χ4v) is 2.33. The summed E-state index contributed by atoms with van der Waals surface area (Å²) in [6.07, 6.45) is 2.04. The second kappa shape index (κ2) is 7.12. The lowest BCUT2D eigenvalue weighted by Crippen LogP contribution is -2.24. The fourth-order valence-electron chi connectivity index (χ4n) is 2.33. The maximum absolute atomic E-state index is 11.0. The molecule has 0 saturated carbocycles. The van der Waals surface area contributed by atoms with E-state index in [1.807, 2.05) is 6.07 Å². The number of nitrogens with zero attached hydrogens (tertiary/aromatic N) is 1. The molecule has 0 bridgehead atoms. The van der Waals surface area contributed by atoms with Gasteiger partial charge in [0.25, 0.3) is 5.69 Å². The Bertz CT molecular complexity index is 406. The quantitative estimate of drug-likeness (QED) is 0.584. The number of nitro groups is 1. The zero-order chi connectivity index (χ0) is 14.4. The minimum absolute atomic E-state index is 0.153.